The Bertz CT molecular complexity index is 495. The minimum Gasteiger partial charge on any atom is -0.326 e. The van der Waals surface area contributed by atoms with Crippen molar-refractivity contribution in [1.82, 2.24) is 0 Å². The molecule has 0 spiro atoms. The second-order valence-electron chi connectivity index (χ2n) is 4.92. The van der Waals surface area contributed by atoms with Crippen LogP contribution in [0.1, 0.15) is 32.3 Å². The minimum atomic E-state index is -0.454. The number of amides is 1. The van der Waals surface area contributed by atoms with Crippen LogP contribution < -0.4 is 5.32 Å². The first-order chi connectivity index (χ1) is 7.90. The molecule has 0 saturated heterocycles. The van der Waals surface area contributed by atoms with Crippen molar-refractivity contribution in [3.8, 4) is 0 Å². The van der Waals surface area contributed by atoms with E-state index in [0.717, 1.165) is 12.0 Å². The van der Waals surface area contributed by atoms with Crippen LogP contribution in [0.3, 0.4) is 0 Å². The molecule has 1 aliphatic heterocycles. The van der Waals surface area contributed by atoms with Gasteiger partial charge in [-0.05, 0) is 23.5 Å². The SMILES string of the molecule is CC1(C)CCC(=O)Nc2cc([N+](=O)[O-])ccc21. The van der Waals surface area contributed by atoms with E-state index in [2.05, 4.69) is 5.32 Å². The number of nitro groups is 1. The van der Waals surface area contributed by atoms with Gasteiger partial charge in [0.2, 0.25) is 5.91 Å². The number of non-ortho nitro benzene ring substituents is 1. The molecule has 0 fully saturated rings. The number of anilines is 1. The number of hydrogen-bond donors (Lipinski definition) is 1. The lowest BCUT2D eigenvalue weighted by atomic mass is 9.80. The van der Waals surface area contributed by atoms with Crippen LogP contribution in [-0.4, -0.2) is 10.8 Å². The predicted molar refractivity (Wildman–Crippen MR) is 64.0 cm³/mol. The average molecular weight is 234 g/mol. The first-order valence-electron chi connectivity index (χ1n) is 5.49. The minimum absolute atomic E-state index is 0.00162. The number of benzene rings is 1. The van der Waals surface area contributed by atoms with Crippen molar-refractivity contribution in [2.24, 2.45) is 0 Å². The number of rotatable bonds is 1. The van der Waals surface area contributed by atoms with Crippen molar-refractivity contribution in [1.29, 1.82) is 0 Å². The van der Waals surface area contributed by atoms with Gasteiger partial charge in [0.05, 0.1) is 10.6 Å². The molecule has 90 valence electrons. The molecule has 0 atom stereocenters. The molecule has 17 heavy (non-hydrogen) atoms. The Morgan fingerprint density at radius 2 is 2.12 bits per heavy atom. The maximum absolute atomic E-state index is 11.5. The molecule has 1 amide bonds. The van der Waals surface area contributed by atoms with Gasteiger partial charge in [-0.3, -0.25) is 14.9 Å². The van der Waals surface area contributed by atoms with Gasteiger partial charge < -0.3 is 5.32 Å². The Morgan fingerprint density at radius 1 is 1.41 bits per heavy atom. The summed E-state index contributed by atoms with van der Waals surface area (Å²) >= 11 is 0. The molecule has 1 aliphatic rings. The number of nitro benzene ring substituents is 1. The molecular weight excluding hydrogens is 220 g/mol. The molecule has 5 nitrogen and oxygen atoms in total. The highest BCUT2D eigenvalue weighted by molar-refractivity contribution is 5.93. The highest BCUT2D eigenvalue weighted by Crippen LogP contribution is 2.38. The maximum Gasteiger partial charge on any atom is 0.271 e. The standard InChI is InChI=1S/C12H14N2O3/c1-12(2)6-5-11(15)13-10-7-8(14(16)17)3-4-9(10)12/h3-4,7H,5-6H2,1-2H3,(H,13,15). The molecular formula is C12H14N2O3. The molecule has 0 aliphatic carbocycles. The summed E-state index contributed by atoms with van der Waals surface area (Å²) in [4.78, 5) is 21.8. The Balaban J connectivity index is 2.55. The summed E-state index contributed by atoms with van der Waals surface area (Å²) in [5.41, 5.74) is 1.37. The number of fused-ring (bicyclic) bond motifs is 1. The summed E-state index contributed by atoms with van der Waals surface area (Å²) in [6.07, 6.45) is 1.18. The van der Waals surface area contributed by atoms with Gasteiger partial charge in [-0.15, -0.1) is 0 Å². The lowest BCUT2D eigenvalue weighted by Crippen LogP contribution is -2.16. The summed E-state index contributed by atoms with van der Waals surface area (Å²) in [6.45, 7) is 4.08. The zero-order chi connectivity index (χ0) is 12.6. The van der Waals surface area contributed by atoms with Gasteiger partial charge in [0.1, 0.15) is 0 Å². The average Bonchev–Trinajstić information content (AvgIpc) is 2.36. The van der Waals surface area contributed by atoms with Gasteiger partial charge in [0.25, 0.3) is 5.69 Å². The van der Waals surface area contributed by atoms with Gasteiger partial charge in [-0.25, -0.2) is 0 Å². The van der Waals surface area contributed by atoms with Crippen LogP contribution in [0.4, 0.5) is 11.4 Å². The van der Waals surface area contributed by atoms with Crippen molar-refractivity contribution in [3.05, 3.63) is 33.9 Å². The molecule has 1 heterocycles. The monoisotopic (exact) mass is 234 g/mol. The highest BCUT2D eigenvalue weighted by Gasteiger charge is 2.29. The summed E-state index contributed by atoms with van der Waals surface area (Å²) in [5, 5.41) is 13.4. The molecule has 1 aromatic carbocycles. The van der Waals surface area contributed by atoms with E-state index >= 15 is 0 Å². The molecule has 1 N–H and O–H groups in total. The summed E-state index contributed by atoms with van der Waals surface area (Å²) in [7, 11) is 0. The molecule has 0 saturated carbocycles. The third kappa shape index (κ3) is 2.13. The first kappa shape index (κ1) is 11.6. The van der Waals surface area contributed by atoms with Crippen LogP contribution >= 0.6 is 0 Å². The Labute approximate surface area is 99.0 Å². The Hall–Kier alpha value is -1.91. The Kier molecular flexibility index (Phi) is 2.61. The zero-order valence-electron chi connectivity index (χ0n) is 9.82. The van der Waals surface area contributed by atoms with Crippen molar-refractivity contribution in [3.63, 3.8) is 0 Å². The van der Waals surface area contributed by atoms with Crippen molar-refractivity contribution in [2.45, 2.75) is 32.1 Å². The maximum atomic E-state index is 11.5. The van der Waals surface area contributed by atoms with Gasteiger partial charge in [0, 0.05) is 18.6 Å². The van der Waals surface area contributed by atoms with E-state index in [9.17, 15) is 14.9 Å². The lowest BCUT2D eigenvalue weighted by molar-refractivity contribution is -0.384. The molecule has 5 heteroatoms. The largest absolute Gasteiger partial charge is 0.326 e. The number of nitrogens with zero attached hydrogens (tertiary/aromatic N) is 1. The van der Waals surface area contributed by atoms with Crippen molar-refractivity contribution in [2.75, 3.05) is 5.32 Å². The van der Waals surface area contributed by atoms with Crippen molar-refractivity contribution >= 4 is 17.3 Å². The molecule has 1 aromatic rings. The van der Waals surface area contributed by atoms with E-state index in [1.807, 2.05) is 13.8 Å². The summed E-state index contributed by atoms with van der Waals surface area (Å²) in [6, 6.07) is 4.65. The topological polar surface area (TPSA) is 72.2 Å². The highest BCUT2D eigenvalue weighted by atomic mass is 16.6. The molecule has 0 radical (unpaired) electrons. The fourth-order valence-electron chi connectivity index (χ4n) is 2.11. The lowest BCUT2D eigenvalue weighted by Gasteiger charge is -2.24. The smallest absolute Gasteiger partial charge is 0.271 e. The number of nitrogens with one attached hydrogen (secondary N) is 1. The van der Waals surface area contributed by atoms with Gasteiger partial charge >= 0.3 is 0 Å². The molecule has 0 unspecified atom stereocenters. The molecule has 0 bridgehead atoms. The van der Waals surface area contributed by atoms with Crippen molar-refractivity contribution < 1.29 is 9.72 Å². The van der Waals surface area contributed by atoms with Crippen LogP contribution in [-0.2, 0) is 10.2 Å². The number of carbonyl (C=O) groups is 1. The van der Waals surface area contributed by atoms with Crippen LogP contribution in [0.25, 0.3) is 0 Å². The van der Waals surface area contributed by atoms with E-state index in [1.165, 1.54) is 12.1 Å². The molecule has 0 aromatic heterocycles. The quantitative estimate of drug-likeness (QED) is 0.599. The second kappa shape index (κ2) is 3.84. The van der Waals surface area contributed by atoms with E-state index in [0.29, 0.717) is 12.1 Å². The fourth-order valence-corrected chi connectivity index (χ4v) is 2.11. The zero-order valence-corrected chi connectivity index (χ0v) is 9.82. The van der Waals surface area contributed by atoms with Crippen LogP contribution in [0.5, 0.6) is 0 Å². The predicted octanol–water partition coefficient (Wildman–Crippen LogP) is 2.60. The van der Waals surface area contributed by atoms with Gasteiger partial charge in [-0.2, -0.15) is 0 Å². The number of hydrogen-bond acceptors (Lipinski definition) is 3. The van der Waals surface area contributed by atoms with Crippen LogP contribution in [0.2, 0.25) is 0 Å². The third-order valence-electron chi connectivity index (χ3n) is 3.19. The van der Waals surface area contributed by atoms with Gasteiger partial charge in [-0.1, -0.05) is 13.8 Å². The van der Waals surface area contributed by atoms with E-state index in [-0.39, 0.29) is 17.0 Å². The fraction of sp³-hybridized carbons (Fsp3) is 0.417. The number of carbonyl (C=O) groups excluding carboxylic acids is 1. The van der Waals surface area contributed by atoms with E-state index < -0.39 is 4.92 Å². The first-order valence-corrected chi connectivity index (χ1v) is 5.49. The van der Waals surface area contributed by atoms with Gasteiger partial charge in [0.15, 0.2) is 0 Å². The van der Waals surface area contributed by atoms with E-state index in [4.69, 9.17) is 0 Å². The summed E-state index contributed by atoms with van der Waals surface area (Å²) in [5.74, 6) is -0.0858. The summed E-state index contributed by atoms with van der Waals surface area (Å²) < 4.78 is 0. The van der Waals surface area contributed by atoms with Crippen LogP contribution in [0.15, 0.2) is 18.2 Å². The normalized spacial score (nSPS) is 17.9. The van der Waals surface area contributed by atoms with Crippen LogP contribution in [0, 0.1) is 10.1 Å². The molecule has 2 rings (SSSR count). The Morgan fingerprint density at radius 3 is 2.76 bits per heavy atom. The third-order valence-corrected chi connectivity index (χ3v) is 3.19. The second-order valence-corrected chi connectivity index (χ2v) is 4.92. The van der Waals surface area contributed by atoms with E-state index in [1.54, 1.807) is 6.07 Å².